The van der Waals surface area contributed by atoms with Crippen LogP contribution in [-0.4, -0.2) is 24.8 Å². The zero-order valence-electron chi connectivity index (χ0n) is 13.6. The fourth-order valence-electron chi connectivity index (χ4n) is 2.71. The normalized spacial score (nSPS) is 14.8. The molecule has 3 heteroatoms. The van der Waals surface area contributed by atoms with Gasteiger partial charge in [-0.15, -0.1) is 0 Å². The lowest BCUT2D eigenvalue weighted by atomic mass is 9.99. The van der Waals surface area contributed by atoms with Crippen molar-refractivity contribution in [3.05, 3.63) is 41.6 Å². The maximum absolute atomic E-state index is 8.48. The van der Waals surface area contributed by atoms with E-state index < -0.39 is 0 Å². The Morgan fingerprint density at radius 1 is 1.29 bits per heavy atom. The van der Waals surface area contributed by atoms with Crippen molar-refractivity contribution < 1.29 is 0 Å². The molecule has 0 fully saturated rings. The zero-order valence-corrected chi connectivity index (χ0v) is 13.6. The number of fused-ring (bicyclic) bond motifs is 1. The van der Waals surface area contributed by atoms with Crippen LogP contribution in [0.3, 0.4) is 0 Å². The van der Waals surface area contributed by atoms with E-state index in [0.29, 0.717) is 18.5 Å². The van der Waals surface area contributed by atoms with Gasteiger partial charge in [0.15, 0.2) is 0 Å². The van der Waals surface area contributed by atoms with E-state index in [-0.39, 0.29) is 0 Å². The molecule has 0 aliphatic carbocycles. The first kappa shape index (κ1) is 15.6. The molecule has 0 amide bonds. The largest absolute Gasteiger partial charge is 0.388 e. The molecule has 0 atom stereocenters. The van der Waals surface area contributed by atoms with Crippen molar-refractivity contribution in [1.82, 2.24) is 5.32 Å². The molecule has 0 radical (unpaired) electrons. The third kappa shape index (κ3) is 3.87. The van der Waals surface area contributed by atoms with E-state index in [1.165, 1.54) is 11.3 Å². The Morgan fingerprint density at radius 2 is 2.00 bits per heavy atom. The summed E-state index contributed by atoms with van der Waals surface area (Å²) >= 11 is 0. The quantitative estimate of drug-likeness (QED) is 0.784. The molecule has 0 bridgehead atoms. The highest BCUT2D eigenvalue weighted by atomic mass is 15.1. The first-order chi connectivity index (χ1) is 9.99. The number of nitrogens with one attached hydrogen (secondary N) is 2. The summed E-state index contributed by atoms with van der Waals surface area (Å²) < 4.78 is 0. The maximum atomic E-state index is 8.48. The maximum Gasteiger partial charge on any atom is 0.0598 e. The van der Waals surface area contributed by atoms with Crippen LogP contribution in [-0.2, 0) is 6.42 Å². The minimum absolute atomic E-state index is 0.363. The Balaban J connectivity index is 2.08. The Morgan fingerprint density at radius 3 is 2.67 bits per heavy atom. The van der Waals surface area contributed by atoms with Crippen molar-refractivity contribution in [1.29, 1.82) is 5.41 Å². The first-order valence-electron chi connectivity index (χ1n) is 7.85. The molecule has 1 aliphatic heterocycles. The Bertz CT molecular complexity index is 529. The topological polar surface area (TPSA) is 39.1 Å². The van der Waals surface area contributed by atoms with Crippen LogP contribution in [0.15, 0.2) is 36.0 Å². The van der Waals surface area contributed by atoms with Crippen LogP contribution < -0.4 is 10.2 Å². The predicted molar refractivity (Wildman–Crippen MR) is 91.3 cm³/mol. The highest BCUT2D eigenvalue weighted by molar-refractivity contribution is 6.01. The van der Waals surface area contributed by atoms with Gasteiger partial charge in [-0.1, -0.05) is 32.0 Å². The van der Waals surface area contributed by atoms with Crippen LogP contribution in [0.4, 0.5) is 5.69 Å². The molecule has 1 aliphatic rings. The Labute approximate surface area is 128 Å². The molecular weight excluding hydrogens is 258 g/mol. The summed E-state index contributed by atoms with van der Waals surface area (Å²) in [6.07, 6.45) is 3.12. The van der Waals surface area contributed by atoms with Crippen molar-refractivity contribution in [3.63, 3.8) is 0 Å². The summed E-state index contributed by atoms with van der Waals surface area (Å²) in [4.78, 5) is 2.32. The van der Waals surface area contributed by atoms with Crippen molar-refractivity contribution >= 4 is 11.4 Å². The summed E-state index contributed by atoms with van der Waals surface area (Å²) in [5.41, 5.74) is 4.52. The van der Waals surface area contributed by atoms with Crippen LogP contribution >= 0.6 is 0 Å². The molecule has 0 unspecified atom stereocenters. The Kier molecular flexibility index (Phi) is 5.05. The van der Waals surface area contributed by atoms with E-state index in [9.17, 15) is 0 Å². The van der Waals surface area contributed by atoms with E-state index in [0.717, 1.165) is 24.3 Å². The number of para-hydroxylation sites is 1. The van der Waals surface area contributed by atoms with Crippen LogP contribution in [0, 0.1) is 11.3 Å². The van der Waals surface area contributed by atoms with Gasteiger partial charge in [-0.3, -0.25) is 0 Å². The van der Waals surface area contributed by atoms with Crippen molar-refractivity contribution in [2.24, 2.45) is 5.92 Å². The van der Waals surface area contributed by atoms with Gasteiger partial charge < -0.3 is 15.6 Å². The monoisotopic (exact) mass is 285 g/mol. The summed E-state index contributed by atoms with van der Waals surface area (Å²) in [7, 11) is 0. The van der Waals surface area contributed by atoms with Crippen LogP contribution in [0.2, 0.25) is 0 Å². The third-order valence-corrected chi connectivity index (χ3v) is 3.87. The number of nitrogens with zero attached hydrogens (tertiary/aromatic N) is 1. The fourth-order valence-corrected chi connectivity index (χ4v) is 2.71. The van der Waals surface area contributed by atoms with Crippen molar-refractivity contribution in [2.45, 2.75) is 40.2 Å². The second-order valence-electron chi connectivity index (χ2n) is 6.35. The van der Waals surface area contributed by atoms with E-state index in [4.69, 9.17) is 5.41 Å². The van der Waals surface area contributed by atoms with Gasteiger partial charge in [0.1, 0.15) is 0 Å². The molecular formula is C18H27N3. The second kappa shape index (κ2) is 6.79. The van der Waals surface area contributed by atoms with Gasteiger partial charge in [0.25, 0.3) is 0 Å². The van der Waals surface area contributed by atoms with Gasteiger partial charge >= 0.3 is 0 Å². The van der Waals surface area contributed by atoms with Gasteiger partial charge in [0.2, 0.25) is 0 Å². The lowest BCUT2D eigenvalue weighted by molar-refractivity contribution is 0.685. The summed E-state index contributed by atoms with van der Waals surface area (Å²) in [6, 6.07) is 8.94. The number of rotatable bonds is 6. The molecule has 0 spiro atoms. The standard InChI is InChI=1S/C18H27N3/c1-13(2)16(11-20-14(3)4)17(19)12-21-10-9-15-7-5-6-8-18(15)21/h5-8,11,13-14,19-20H,9-10,12H2,1-4H3/b16-11-,19-17?. The summed E-state index contributed by atoms with van der Waals surface area (Å²) in [5, 5.41) is 11.8. The molecule has 21 heavy (non-hydrogen) atoms. The SMILES string of the molecule is CC(C)N/C=C(\C(=N)CN1CCc2ccccc21)C(C)C. The number of anilines is 1. The van der Waals surface area contributed by atoms with Gasteiger partial charge in [-0.25, -0.2) is 0 Å². The first-order valence-corrected chi connectivity index (χ1v) is 7.85. The molecule has 0 saturated carbocycles. The van der Waals surface area contributed by atoms with Gasteiger partial charge in [-0.05, 0) is 43.4 Å². The predicted octanol–water partition coefficient (Wildman–Crippen LogP) is 3.61. The molecule has 1 aromatic rings. The van der Waals surface area contributed by atoms with Crippen LogP contribution in [0.25, 0.3) is 0 Å². The van der Waals surface area contributed by atoms with Gasteiger partial charge in [0.05, 0.1) is 12.3 Å². The van der Waals surface area contributed by atoms with Crippen molar-refractivity contribution in [2.75, 3.05) is 18.0 Å². The molecule has 2 rings (SSSR count). The lowest BCUT2D eigenvalue weighted by Crippen LogP contribution is -2.30. The zero-order chi connectivity index (χ0) is 15.4. The third-order valence-electron chi connectivity index (χ3n) is 3.87. The average molecular weight is 285 g/mol. The molecule has 0 aromatic heterocycles. The lowest BCUT2D eigenvalue weighted by Gasteiger charge is -2.22. The van der Waals surface area contributed by atoms with E-state index >= 15 is 0 Å². The van der Waals surface area contributed by atoms with E-state index in [1.54, 1.807) is 0 Å². The number of hydrogen-bond acceptors (Lipinski definition) is 3. The molecule has 1 aromatic carbocycles. The molecule has 1 heterocycles. The van der Waals surface area contributed by atoms with E-state index in [2.05, 4.69) is 62.2 Å². The van der Waals surface area contributed by atoms with E-state index in [1.807, 2.05) is 6.20 Å². The molecule has 114 valence electrons. The molecule has 2 N–H and O–H groups in total. The fraction of sp³-hybridized carbons (Fsp3) is 0.500. The second-order valence-corrected chi connectivity index (χ2v) is 6.35. The molecule has 3 nitrogen and oxygen atoms in total. The molecule has 0 saturated heterocycles. The number of hydrogen-bond donors (Lipinski definition) is 2. The minimum Gasteiger partial charge on any atom is -0.388 e. The van der Waals surface area contributed by atoms with Crippen molar-refractivity contribution in [3.8, 4) is 0 Å². The highest BCUT2D eigenvalue weighted by Crippen LogP contribution is 2.27. The number of benzene rings is 1. The summed E-state index contributed by atoms with van der Waals surface area (Å²) in [6.45, 7) is 10.3. The van der Waals surface area contributed by atoms with Gasteiger partial charge in [-0.2, -0.15) is 0 Å². The minimum atomic E-state index is 0.363. The highest BCUT2D eigenvalue weighted by Gasteiger charge is 2.21. The summed E-state index contributed by atoms with van der Waals surface area (Å²) in [5.74, 6) is 0.363. The van der Waals surface area contributed by atoms with Gasteiger partial charge in [0, 0.05) is 24.5 Å². The average Bonchev–Trinajstić information content (AvgIpc) is 2.82. The Hall–Kier alpha value is -1.77. The van der Waals surface area contributed by atoms with Crippen LogP contribution in [0.1, 0.15) is 33.3 Å². The van der Waals surface area contributed by atoms with Crippen LogP contribution in [0.5, 0.6) is 0 Å². The smallest absolute Gasteiger partial charge is 0.0598 e.